The third-order valence-corrected chi connectivity index (χ3v) is 4.08. The second-order valence-electron chi connectivity index (χ2n) is 5.54. The van der Waals surface area contributed by atoms with Gasteiger partial charge in [-0.15, -0.1) is 13.2 Å². The summed E-state index contributed by atoms with van der Waals surface area (Å²) in [6.45, 7) is 0. The number of pyridine rings is 1. The highest BCUT2D eigenvalue weighted by atomic mass is 32.2. The molecule has 0 unspecified atom stereocenters. The van der Waals surface area contributed by atoms with Crippen molar-refractivity contribution in [2.75, 3.05) is 11.0 Å². The van der Waals surface area contributed by atoms with Gasteiger partial charge in [0.05, 0.1) is 11.9 Å². The second kappa shape index (κ2) is 6.49. The maximum Gasteiger partial charge on any atom is 0.573 e. The highest BCUT2D eigenvalue weighted by Crippen LogP contribution is 2.38. The van der Waals surface area contributed by atoms with Gasteiger partial charge >= 0.3 is 6.36 Å². The Morgan fingerprint density at radius 2 is 1.77 bits per heavy atom. The minimum absolute atomic E-state index is 0.0382. The molecule has 0 atom stereocenters. The first kappa shape index (κ1) is 18.0. The average molecular weight is 382 g/mol. The van der Waals surface area contributed by atoms with Crippen LogP contribution in [0.4, 0.5) is 18.9 Å². The van der Waals surface area contributed by atoms with Crippen LogP contribution in [0.1, 0.15) is 0 Å². The van der Waals surface area contributed by atoms with Crippen LogP contribution in [0.25, 0.3) is 21.9 Å². The zero-order valence-electron chi connectivity index (χ0n) is 13.4. The fraction of sp³-hybridized carbons (Fsp3) is 0.118. The molecule has 3 aromatic rings. The molecule has 1 N–H and O–H groups in total. The van der Waals surface area contributed by atoms with E-state index in [1.807, 2.05) is 0 Å². The second-order valence-corrected chi connectivity index (χ2v) is 7.29. The fourth-order valence-corrected chi connectivity index (χ4v) is 3.12. The van der Waals surface area contributed by atoms with E-state index in [1.165, 1.54) is 18.3 Å². The number of ether oxygens (including phenoxy) is 1. The zero-order chi connectivity index (χ0) is 18.9. The summed E-state index contributed by atoms with van der Waals surface area (Å²) in [4.78, 5) is 4.06. The maximum absolute atomic E-state index is 12.8. The smallest absolute Gasteiger partial charge is 0.405 e. The summed E-state index contributed by atoms with van der Waals surface area (Å²) in [5.41, 5.74) is 0.544. The van der Waals surface area contributed by atoms with Crippen LogP contribution in [0.2, 0.25) is 0 Å². The molecule has 0 aliphatic heterocycles. The number of sulfonamides is 1. The van der Waals surface area contributed by atoms with Gasteiger partial charge in [-0.25, -0.2) is 8.42 Å². The number of hydrogen-bond donors (Lipinski definition) is 1. The molecule has 0 amide bonds. The van der Waals surface area contributed by atoms with Gasteiger partial charge in [-0.1, -0.05) is 24.3 Å². The predicted molar refractivity (Wildman–Crippen MR) is 92.3 cm³/mol. The molecule has 0 aliphatic rings. The molecule has 0 radical (unpaired) electrons. The number of anilines is 1. The molecule has 5 nitrogen and oxygen atoms in total. The molecular formula is C17H13F3N2O3S. The summed E-state index contributed by atoms with van der Waals surface area (Å²) in [6.07, 6.45) is -0.996. The Bertz CT molecular complexity index is 1060. The Hall–Kier alpha value is -2.81. The highest BCUT2D eigenvalue weighted by molar-refractivity contribution is 7.92. The maximum atomic E-state index is 12.8. The zero-order valence-corrected chi connectivity index (χ0v) is 14.2. The van der Waals surface area contributed by atoms with Crippen LogP contribution in [0.3, 0.4) is 0 Å². The van der Waals surface area contributed by atoms with Crippen molar-refractivity contribution in [2.45, 2.75) is 6.36 Å². The predicted octanol–water partition coefficient (Wildman–Crippen LogP) is 4.17. The number of nitrogens with one attached hydrogen (secondary N) is 1. The normalized spacial score (nSPS) is 12.2. The summed E-state index contributed by atoms with van der Waals surface area (Å²) in [5.74, 6) is -0.524. The van der Waals surface area contributed by atoms with Crippen molar-refractivity contribution in [3.8, 4) is 16.9 Å². The standard InChI is InChI=1S/C17H13F3N2O3S/c1-26(23,24)22-12-6-7-14(16(8-12)25-17(18,19)20)15-10-21-9-11-4-2-3-5-13(11)15/h2-10,22H,1H3. The Balaban J connectivity index is 2.19. The van der Waals surface area contributed by atoms with Crippen molar-refractivity contribution in [2.24, 2.45) is 0 Å². The minimum Gasteiger partial charge on any atom is -0.405 e. The molecule has 2 aromatic carbocycles. The number of nitrogens with zero attached hydrogens (tertiary/aromatic N) is 1. The minimum atomic E-state index is -4.93. The number of hydrogen-bond acceptors (Lipinski definition) is 4. The van der Waals surface area contributed by atoms with Crippen LogP contribution in [0, 0.1) is 0 Å². The van der Waals surface area contributed by atoms with E-state index in [9.17, 15) is 21.6 Å². The van der Waals surface area contributed by atoms with Gasteiger partial charge < -0.3 is 4.74 Å². The highest BCUT2D eigenvalue weighted by Gasteiger charge is 2.32. The first-order valence-electron chi connectivity index (χ1n) is 7.33. The molecule has 9 heteroatoms. The molecule has 0 bridgehead atoms. The van der Waals surface area contributed by atoms with E-state index in [1.54, 1.807) is 30.5 Å². The summed E-state index contributed by atoms with van der Waals surface area (Å²) in [6, 6.07) is 10.8. The van der Waals surface area contributed by atoms with Crippen molar-refractivity contribution < 1.29 is 26.3 Å². The Kier molecular flexibility index (Phi) is 4.49. The van der Waals surface area contributed by atoms with Crippen molar-refractivity contribution in [3.05, 3.63) is 54.9 Å². The topological polar surface area (TPSA) is 68.3 Å². The SMILES string of the molecule is CS(=O)(=O)Nc1ccc(-c2cncc3ccccc23)c(OC(F)(F)F)c1. The molecule has 0 fully saturated rings. The summed E-state index contributed by atoms with van der Waals surface area (Å²) in [7, 11) is -3.65. The van der Waals surface area contributed by atoms with Gasteiger partial charge in [0.1, 0.15) is 5.75 Å². The van der Waals surface area contributed by atoms with Crippen LogP contribution in [0.15, 0.2) is 54.9 Å². The number of rotatable bonds is 4. The summed E-state index contributed by atoms with van der Waals surface area (Å²) >= 11 is 0. The lowest BCUT2D eigenvalue weighted by Gasteiger charge is -2.16. The van der Waals surface area contributed by atoms with E-state index in [0.717, 1.165) is 17.7 Å². The molecule has 0 spiro atoms. The molecule has 0 saturated heterocycles. The van der Waals surface area contributed by atoms with Crippen LogP contribution in [-0.4, -0.2) is 26.0 Å². The molecule has 1 aromatic heterocycles. The first-order chi connectivity index (χ1) is 12.1. The van der Waals surface area contributed by atoms with E-state index < -0.39 is 22.1 Å². The van der Waals surface area contributed by atoms with Gasteiger partial charge in [0.25, 0.3) is 0 Å². The largest absolute Gasteiger partial charge is 0.573 e. The van der Waals surface area contributed by atoms with Gasteiger partial charge in [0.2, 0.25) is 10.0 Å². The fourth-order valence-electron chi connectivity index (χ4n) is 2.56. The van der Waals surface area contributed by atoms with Crippen LogP contribution >= 0.6 is 0 Å². The Labute approximate surface area is 147 Å². The number of halogens is 3. The number of alkyl halides is 3. The summed E-state index contributed by atoms with van der Waals surface area (Å²) < 4.78 is 67.5. The number of benzene rings is 2. The molecular weight excluding hydrogens is 369 g/mol. The lowest BCUT2D eigenvalue weighted by atomic mass is 10.00. The Morgan fingerprint density at radius 3 is 2.46 bits per heavy atom. The van der Waals surface area contributed by atoms with Crippen molar-refractivity contribution in [3.63, 3.8) is 0 Å². The monoisotopic (exact) mass is 382 g/mol. The van der Waals surface area contributed by atoms with Crippen molar-refractivity contribution in [1.29, 1.82) is 0 Å². The third kappa shape index (κ3) is 4.23. The average Bonchev–Trinajstić information content (AvgIpc) is 2.52. The van der Waals surface area contributed by atoms with Crippen LogP contribution in [-0.2, 0) is 10.0 Å². The lowest BCUT2D eigenvalue weighted by Crippen LogP contribution is -2.18. The van der Waals surface area contributed by atoms with E-state index in [2.05, 4.69) is 14.4 Å². The van der Waals surface area contributed by atoms with Gasteiger partial charge in [-0.2, -0.15) is 0 Å². The van der Waals surface area contributed by atoms with Crippen LogP contribution in [0.5, 0.6) is 5.75 Å². The molecule has 1 heterocycles. The first-order valence-corrected chi connectivity index (χ1v) is 9.22. The van der Waals surface area contributed by atoms with E-state index in [-0.39, 0.29) is 11.3 Å². The molecule has 3 rings (SSSR count). The molecule has 136 valence electrons. The van der Waals surface area contributed by atoms with Crippen LogP contribution < -0.4 is 9.46 Å². The lowest BCUT2D eigenvalue weighted by molar-refractivity contribution is -0.274. The van der Waals surface area contributed by atoms with Gasteiger partial charge in [0.15, 0.2) is 0 Å². The summed E-state index contributed by atoms with van der Waals surface area (Å²) in [5, 5.41) is 1.44. The number of fused-ring (bicyclic) bond motifs is 1. The molecule has 26 heavy (non-hydrogen) atoms. The van der Waals surface area contributed by atoms with Gasteiger partial charge in [0, 0.05) is 35.0 Å². The van der Waals surface area contributed by atoms with E-state index >= 15 is 0 Å². The third-order valence-electron chi connectivity index (χ3n) is 3.47. The molecule has 0 saturated carbocycles. The van der Waals surface area contributed by atoms with Gasteiger partial charge in [-0.05, 0) is 17.5 Å². The van der Waals surface area contributed by atoms with Gasteiger partial charge in [-0.3, -0.25) is 9.71 Å². The quantitative estimate of drug-likeness (QED) is 0.735. The Morgan fingerprint density at radius 1 is 1.04 bits per heavy atom. The number of aromatic nitrogens is 1. The van der Waals surface area contributed by atoms with E-state index in [4.69, 9.17) is 0 Å². The van der Waals surface area contributed by atoms with E-state index in [0.29, 0.717) is 10.9 Å². The molecule has 0 aliphatic carbocycles. The van der Waals surface area contributed by atoms with Crippen molar-refractivity contribution in [1.82, 2.24) is 4.98 Å². The van der Waals surface area contributed by atoms with Crippen molar-refractivity contribution >= 4 is 26.5 Å².